The fraction of sp³-hybridized carbons (Fsp3) is 0.455. The summed E-state index contributed by atoms with van der Waals surface area (Å²) in [6.45, 7) is 6.84. The van der Waals surface area contributed by atoms with E-state index in [1.54, 1.807) is 5.57 Å². The van der Waals surface area contributed by atoms with Gasteiger partial charge in [-0.3, -0.25) is 0 Å². The normalized spacial score (nSPS) is 39.1. The van der Waals surface area contributed by atoms with Gasteiger partial charge in [-0.05, 0) is 20.5 Å². The monoisotopic (exact) mass is 178 g/mol. The van der Waals surface area contributed by atoms with E-state index >= 15 is 0 Å². The van der Waals surface area contributed by atoms with Gasteiger partial charge in [0.15, 0.2) is 0 Å². The zero-order valence-corrected chi connectivity index (χ0v) is 8.81. The standard InChI is InChI=1S/C11H15P/c1-8-4-5-11-10(6-8)9(2)7-12(11)3/h4-7,10-11H,1-3H3/t10-,11-,12-/m1/s1. The first-order valence-corrected chi connectivity index (χ1v) is 6.38. The maximum atomic E-state index is 2.48. The van der Waals surface area contributed by atoms with Crippen LogP contribution in [0.1, 0.15) is 13.8 Å². The van der Waals surface area contributed by atoms with Crippen molar-refractivity contribution in [1.82, 2.24) is 0 Å². The predicted octanol–water partition coefficient (Wildman–Crippen LogP) is 3.52. The maximum absolute atomic E-state index is 2.48. The molecule has 0 fully saturated rings. The smallest absolute Gasteiger partial charge is 0.0106 e. The first kappa shape index (κ1) is 8.26. The second-order valence-corrected chi connectivity index (χ2v) is 6.01. The third kappa shape index (κ3) is 1.19. The number of fused-ring (bicyclic) bond motifs is 1. The van der Waals surface area contributed by atoms with Crippen LogP contribution in [0, 0.1) is 5.92 Å². The summed E-state index contributed by atoms with van der Waals surface area (Å²) in [5.41, 5.74) is 3.82. The van der Waals surface area contributed by atoms with E-state index in [-0.39, 0.29) is 7.92 Å². The minimum Gasteiger partial charge on any atom is -0.0785 e. The Labute approximate surface area is 75.8 Å². The van der Waals surface area contributed by atoms with Crippen LogP contribution in [0.15, 0.2) is 35.2 Å². The highest BCUT2D eigenvalue weighted by molar-refractivity contribution is 7.61. The number of rotatable bonds is 0. The van der Waals surface area contributed by atoms with Crippen molar-refractivity contribution in [3.63, 3.8) is 0 Å². The molecule has 0 N–H and O–H groups in total. The molecule has 2 aliphatic rings. The fourth-order valence-electron chi connectivity index (χ4n) is 2.09. The molecule has 0 radical (unpaired) electrons. The molecule has 12 heavy (non-hydrogen) atoms. The van der Waals surface area contributed by atoms with Gasteiger partial charge in [0.25, 0.3) is 0 Å². The third-order valence-corrected chi connectivity index (χ3v) is 5.02. The Bertz CT molecular complexity index is 283. The van der Waals surface area contributed by atoms with Crippen molar-refractivity contribution >= 4 is 7.92 Å². The van der Waals surface area contributed by atoms with Gasteiger partial charge >= 0.3 is 0 Å². The van der Waals surface area contributed by atoms with E-state index in [0.717, 1.165) is 11.6 Å². The van der Waals surface area contributed by atoms with Crippen molar-refractivity contribution in [2.75, 3.05) is 6.66 Å². The van der Waals surface area contributed by atoms with E-state index in [0.29, 0.717) is 0 Å². The van der Waals surface area contributed by atoms with E-state index in [4.69, 9.17) is 0 Å². The first-order chi connectivity index (χ1) is 5.68. The lowest BCUT2D eigenvalue weighted by atomic mass is 9.91. The second kappa shape index (κ2) is 2.85. The van der Waals surface area contributed by atoms with Crippen molar-refractivity contribution in [2.45, 2.75) is 19.5 Å². The Morgan fingerprint density at radius 3 is 2.83 bits per heavy atom. The lowest BCUT2D eigenvalue weighted by Gasteiger charge is -2.22. The summed E-state index contributed by atoms with van der Waals surface area (Å²) in [6, 6.07) is 0. The topological polar surface area (TPSA) is 0 Å². The molecule has 1 aliphatic carbocycles. The van der Waals surface area contributed by atoms with Crippen LogP contribution < -0.4 is 0 Å². The summed E-state index contributed by atoms with van der Waals surface area (Å²) in [6.07, 6.45) is 7.09. The molecule has 0 bridgehead atoms. The maximum Gasteiger partial charge on any atom is 0.0106 e. The molecule has 0 amide bonds. The molecular weight excluding hydrogens is 163 g/mol. The molecular formula is C11H15P. The molecule has 0 saturated carbocycles. The molecule has 0 spiro atoms. The third-order valence-electron chi connectivity index (χ3n) is 2.77. The summed E-state index contributed by atoms with van der Waals surface area (Å²) in [4.78, 5) is 0. The molecule has 0 saturated heterocycles. The van der Waals surface area contributed by atoms with Gasteiger partial charge in [-0.25, -0.2) is 0 Å². The van der Waals surface area contributed by atoms with Crippen LogP contribution in [-0.4, -0.2) is 12.3 Å². The van der Waals surface area contributed by atoms with Crippen molar-refractivity contribution in [2.24, 2.45) is 5.92 Å². The van der Waals surface area contributed by atoms with Crippen molar-refractivity contribution in [1.29, 1.82) is 0 Å². The van der Waals surface area contributed by atoms with Crippen LogP contribution in [0.3, 0.4) is 0 Å². The zero-order chi connectivity index (χ0) is 8.72. The molecule has 1 aliphatic heterocycles. The molecule has 64 valence electrons. The summed E-state index contributed by atoms with van der Waals surface area (Å²) < 4.78 is 0. The lowest BCUT2D eigenvalue weighted by molar-refractivity contribution is 0.786. The molecule has 0 aromatic carbocycles. The van der Waals surface area contributed by atoms with Gasteiger partial charge in [0.05, 0.1) is 0 Å². The van der Waals surface area contributed by atoms with E-state index in [2.05, 4.69) is 44.6 Å². The van der Waals surface area contributed by atoms with Gasteiger partial charge in [-0.2, -0.15) is 0 Å². The number of hydrogen-bond acceptors (Lipinski definition) is 0. The molecule has 0 aromatic rings. The number of hydrogen-bond donors (Lipinski definition) is 0. The summed E-state index contributed by atoms with van der Waals surface area (Å²) in [5, 5.41) is 0. The Morgan fingerprint density at radius 1 is 1.33 bits per heavy atom. The van der Waals surface area contributed by atoms with E-state index in [1.807, 2.05) is 0 Å². The van der Waals surface area contributed by atoms with E-state index in [9.17, 15) is 0 Å². The van der Waals surface area contributed by atoms with Gasteiger partial charge in [0, 0.05) is 11.6 Å². The van der Waals surface area contributed by atoms with Crippen LogP contribution >= 0.6 is 7.92 Å². The van der Waals surface area contributed by atoms with Crippen LogP contribution in [0.4, 0.5) is 0 Å². The van der Waals surface area contributed by atoms with Gasteiger partial charge in [-0.1, -0.05) is 43.1 Å². The van der Waals surface area contributed by atoms with Gasteiger partial charge < -0.3 is 0 Å². The van der Waals surface area contributed by atoms with Crippen LogP contribution in [0.5, 0.6) is 0 Å². The van der Waals surface area contributed by atoms with Crippen LogP contribution in [0.25, 0.3) is 0 Å². The van der Waals surface area contributed by atoms with Gasteiger partial charge in [0.1, 0.15) is 0 Å². The van der Waals surface area contributed by atoms with Gasteiger partial charge in [0.2, 0.25) is 0 Å². The highest BCUT2D eigenvalue weighted by Gasteiger charge is 2.30. The summed E-state index contributed by atoms with van der Waals surface area (Å²) >= 11 is 0. The average Bonchev–Trinajstić information content (AvgIpc) is 2.28. The zero-order valence-electron chi connectivity index (χ0n) is 7.91. The fourth-order valence-corrected chi connectivity index (χ4v) is 4.26. The second-order valence-electron chi connectivity index (χ2n) is 3.82. The first-order valence-electron chi connectivity index (χ1n) is 4.45. The van der Waals surface area contributed by atoms with Crippen LogP contribution in [0.2, 0.25) is 0 Å². The van der Waals surface area contributed by atoms with Crippen LogP contribution in [-0.2, 0) is 0 Å². The Balaban J connectivity index is 2.32. The molecule has 3 atom stereocenters. The van der Waals surface area contributed by atoms with Gasteiger partial charge in [-0.15, -0.1) is 0 Å². The molecule has 0 nitrogen and oxygen atoms in total. The summed E-state index contributed by atoms with van der Waals surface area (Å²) in [5.74, 6) is 3.20. The number of allylic oxidation sites excluding steroid dienone is 5. The lowest BCUT2D eigenvalue weighted by Crippen LogP contribution is -2.13. The van der Waals surface area contributed by atoms with E-state index < -0.39 is 0 Å². The Morgan fingerprint density at radius 2 is 2.08 bits per heavy atom. The molecule has 0 aromatic heterocycles. The molecule has 0 unspecified atom stereocenters. The highest BCUT2D eigenvalue weighted by atomic mass is 31.1. The highest BCUT2D eigenvalue weighted by Crippen LogP contribution is 2.54. The molecule has 1 heterocycles. The Hall–Kier alpha value is -0.350. The SMILES string of the molecule is CC1=C[C@@H]2C(C)=C[P@@](C)[C@@H]2C=C1. The largest absolute Gasteiger partial charge is 0.0785 e. The van der Waals surface area contributed by atoms with Crippen molar-refractivity contribution in [3.8, 4) is 0 Å². The quantitative estimate of drug-likeness (QED) is 0.498. The predicted molar refractivity (Wildman–Crippen MR) is 56.8 cm³/mol. The minimum absolute atomic E-state index is 0.126. The minimum atomic E-state index is 0.126. The van der Waals surface area contributed by atoms with E-state index in [1.165, 1.54) is 5.57 Å². The summed E-state index contributed by atoms with van der Waals surface area (Å²) in [7, 11) is 0.126. The Kier molecular flexibility index (Phi) is 1.96. The van der Waals surface area contributed by atoms with Crippen molar-refractivity contribution in [3.05, 3.63) is 35.2 Å². The molecule has 1 heteroatoms. The average molecular weight is 178 g/mol. The molecule has 2 rings (SSSR count). The van der Waals surface area contributed by atoms with Crippen molar-refractivity contribution < 1.29 is 0 Å².